The Morgan fingerprint density at radius 2 is 1.81 bits per heavy atom. The minimum absolute atomic E-state index is 0.117. The summed E-state index contributed by atoms with van der Waals surface area (Å²) in [7, 11) is 1.91. The van der Waals surface area contributed by atoms with Crippen molar-refractivity contribution in [3.05, 3.63) is 24.3 Å². The Balaban J connectivity index is 1.69. The number of hydrogen-bond acceptors (Lipinski definition) is 5. The molecule has 0 spiro atoms. The van der Waals surface area contributed by atoms with Crippen LogP contribution in [0.2, 0.25) is 0 Å². The van der Waals surface area contributed by atoms with E-state index in [2.05, 4.69) is 11.8 Å². The lowest BCUT2D eigenvalue weighted by atomic mass is 10.1. The molecule has 0 bridgehead atoms. The van der Waals surface area contributed by atoms with Crippen molar-refractivity contribution < 1.29 is 19.4 Å². The van der Waals surface area contributed by atoms with Crippen molar-refractivity contribution in [2.75, 3.05) is 46.4 Å². The van der Waals surface area contributed by atoms with Gasteiger partial charge in [-0.15, -0.1) is 0 Å². The average Bonchev–Trinajstić information content (AvgIpc) is 2.86. The van der Waals surface area contributed by atoms with Crippen LogP contribution < -0.4 is 9.47 Å². The normalized spacial score (nSPS) is 18.5. The van der Waals surface area contributed by atoms with Gasteiger partial charge in [-0.05, 0) is 70.1 Å². The third-order valence-corrected chi connectivity index (χ3v) is 4.77. The molecular formula is C20H32N2O4. The van der Waals surface area contributed by atoms with E-state index < -0.39 is 5.97 Å². The van der Waals surface area contributed by atoms with Crippen LogP contribution in [-0.4, -0.2) is 73.4 Å². The molecule has 2 rings (SSSR count). The number of aliphatic carboxylic acids is 1. The zero-order valence-corrected chi connectivity index (χ0v) is 16.0. The number of likely N-dealkylation sites (N-methyl/N-ethyl adjacent to an activating group) is 1. The quantitative estimate of drug-likeness (QED) is 0.689. The molecule has 26 heavy (non-hydrogen) atoms. The number of carboxylic acids is 1. The van der Waals surface area contributed by atoms with Gasteiger partial charge in [0.15, 0.2) is 0 Å². The number of benzene rings is 1. The first kappa shape index (κ1) is 20.5. The highest BCUT2D eigenvalue weighted by atomic mass is 16.5. The number of carboxylic acid groups (broad SMARTS) is 1. The van der Waals surface area contributed by atoms with Gasteiger partial charge in [-0.1, -0.05) is 6.92 Å². The highest BCUT2D eigenvalue weighted by molar-refractivity contribution is 5.69. The highest BCUT2D eigenvalue weighted by Crippen LogP contribution is 2.18. The summed E-state index contributed by atoms with van der Waals surface area (Å²) in [4.78, 5) is 15.2. The fourth-order valence-corrected chi connectivity index (χ4v) is 3.29. The molecule has 1 aliphatic rings. The van der Waals surface area contributed by atoms with Crippen LogP contribution in [-0.2, 0) is 4.79 Å². The van der Waals surface area contributed by atoms with Crippen LogP contribution >= 0.6 is 0 Å². The van der Waals surface area contributed by atoms with Crippen LogP contribution in [0.5, 0.6) is 11.5 Å². The summed E-state index contributed by atoms with van der Waals surface area (Å²) in [6, 6.07) is 8.14. The van der Waals surface area contributed by atoms with Crippen LogP contribution in [0.1, 0.15) is 32.6 Å². The summed E-state index contributed by atoms with van der Waals surface area (Å²) in [6.07, 6.45) is 4.16. The van der Waals surface area contributed by atoms with Gasteiger partial charge in [0.2, 0.25) is 0 Å². The molecule has 0 amide bonds. The third-order valence-electron chi connectivity index (χ3n) is 4.77. The first-order valence-electron chi connectivity index (χ1n) is 9.58. The maximum atomic E-state index is 10.9. The first-order valence-corrected chi connectivity index (χ1v) is 9.58. The van der Waals surface area contributed by atoms with E-state index in [1.165, 1.54) is 0 Å². The Morgan fingerprint density at radius 3 is 2.42 bits per heavy atom. The van der Waals surface area contributed by atoms with Crippen LogP contribution in [0, 0.1) is 0 Å². The van der Waals surface area contributed by atoms with E-state index in [-0.39, 0.29) is 6.54 Å². The largest absolute Gasteiger partial charge is 0.494 e. The van der Waals surface area contributed by atoms with Gasteiger partial charge in [-0.25, -0.2) is 0 Å². The van der Waals surface area contributed by atoms with E-state index in [4.69, 9.17) is 14.6 Å². The molecule has 0 radical (unpaired) electrons. The van der Waals surface area contributed by atoms with E-state index in [1.807, 2.05) is 36.2 Å². The van der Waals surface area contributed by atoms with Gasteiger partial charge in [-0.2, -0.15) is 0 Å². The predicted octanol–water partition coefficient (Wildman–Crippen LogP) is 2.73. The van der Waals surface area contributed by atoms with E-state index in [1.54, 1.807) is 0 Å². The molecule has 0 saturated carbocycles. The Bertz CT molecular complexity index is 535. The molecular weight excluding hydrogens is 332 g/mol. The van der Waals surface area contributed by atoms with Gasteiger partial charge in [0.05, 0.1) is 13.2 Å². The fraction of sp³-hybridized carbons (Fsp3) is 0.650. The summed E-state index contributed by atoms with van der Waals surface area (Å²) >= 11 is 0. The SMILES string of the molecule is CCCOc1ccc(OCCN2CCCC(N(C)CC(=O)O)CC2)cc1. The summed E-state index contributed by atoms with van der Waals surface area (Å²) < 4.78 is 11.4. The van der Waals surface area contributed by atoms with E-state index in [0.29, 0.717) is 12.6 Å². The Hall–Kier alpha value is -1.79. The molecule has 6 nitrogen and oxygen atoms in total. The van der Waals surface area contributed by atoms with Crippen LogP contribution in [0.4, 0.5) is 0 Å². The van der Waals surface area contributed by atoms with Crippen molar-refractivity contribution in [1.29, 1.82) is 0 Å². The van der Waals surface area contributed by atoms with Crippen molar-refractivity contribution in [3.8, 4) is 11.5 Å². The minimum Gasteiger partial charge on any atom is -0.494 e. The maximum Gasteiger partial charge on any atom is 0.317 e. The number of likely N-dealkylation sites (tertiary alicyclic amines) is 1. The minimum atomic E-state index is -0.756. The molecule has 1 atom stereocenters. The molecule has 1 fully saturated rings. The lowest BCUT2D eigenvalue weighted by Gasteiger charge is -2.25. The molecule has 1 aliphatic heterocycles. The second kappa shape index (κ2) is 11.0. The van der Waals surface area contributed by atoms with Gasteiger partial charge in [0.1, 0.15) is 18.1 Å². The van der Waals surface area contributed by atoms with Crippen molar-refractivity contribution in [2.45, 2.75) is 38.6 Å². The Kier molecular flexibility index (Phi) is 8.71. The van der Waals surface area contributed by atoms with E-state index in [9.17, 15) is 4.79 Å². The van der Waals surface area contributed by atoms with Crippen molar-refractivity contribution >= 4 is 5.97 Å². The second-order valence-corrected chi connectivity index (χ2v) is 6.90. The molecule has 1 heterocycles. The molecule has 1 saturated heterocycles. The number of ether oxygens (including phenoxy) is 2. The average molecular weight is 364 g/mol. The molecule has 146 valence electrons. The summed E-state index contributed by atoms with van der Waals surface area (Å²) in [5.74, 6) is 0.985. The lowest BCUT2D eigenvalue weighted by molar-refractivity contribution is -0.138. The zero-order chi connectivity index (χ0) is 18.8. The van der Waals surface area contributed by atoms with Crippen LogP contribution in [0.3, 0.4) is 0 Å². The van der Waals surface area contributed by atoms with Gasteiger partial charge in [0.25, 0.3) is 0 Å². The third kappa shape index (κ3) is 7.22. The first-order chi connectivity index (χ1) is 12.6. The standard InChI is InChI=1S/C20H32N2O4/c1-3-14-25-18-6-8-19(9-7-18)26-15-13-22-11-4-5-17(10-12-22)21(2)16-20(23)24/h6-9,17H,3-5,10-16H2,1-2H3,(H,23,24). The highest BCUT2D eigenvalue weighted by Gasteiger charge is 2.21. The van der Waals surface area contributed by atoms with Crippen LogP contribution in [0.25, 0.3) is 0 Å². The van der Waals surface area contributed by atoms with Crippen molar-refractivity contribution in [3.63, 3.8) is 0 Å². The fourth-order valence-electron chi connectivity index (χ4n) is 3.29. The molecule has 1 aromatic carbocycles. The van der Waals surface area contributed by atoms with E-state index in [0.717, 1.165) is 63.4 Å². The van der Waals surface area contributed by atoms with Crippen molar-refractivity contribution in [2.24, 2.45) is 0 Å². The second-order valence-electron chi connectivity index (χ2n) is 6.90. The lowest BCUT2D eigenvalue weighted by Crippen LogP contribution is -2.37. The van der Waals surface area contributed by atoms with Crippen LogP contribution in [0.15, 0.2) is 24.3 Å². The zero-order valence-electron chi connectivity index (χ0n) is 16.0. The molecule has 1 unspecified atom stereocenters. The number of nitrogens with zero attached hydrogens (tertiary/aromatic N) is 2. The molecule has 1 N–H and O–H groups in total. The van der Waals surface area contributed by atoms with Gasteiger partial charge < -0.3 is 14.6 Å². The maximum absolute atomic E-state index is 10.9. The van der Waals surface area contributed by atoms with Gasteiger partial charge in [-0.3, -0.25) is 14.6 Å². The Morgan fingerprint density at radius 1 is 1.15 bits per heavy atom. The summed E-state index contributed by atoms with van der Waals surface area (Å²) in [5, 5.41) is 8.94. The predicted molar refractivity (Wildman–Crippen MR) is 102 cm³/mol. The summed E-state index contributed by atoms with van der Waals surface area (Å²) in [5.41, 5.74) is 0. The topological polar surface area (TPSA) is 62.2 Å². The molecule has 1 aromatic rings. The number of hydrogen-bond donors (Lipinski definition) is 1. The molecule has 0 aromatic heterocycles. The Labute approximate surface area is 156 Å². The van der Waals surface area contributed by atoms with Crippen molar-refractivity contribution in [1.82, 2.24) is 9.80 Å². The van der Waals surface area contributed by atoms with Gasteiger partial charge >= 0.3 is 5.97 Å². The smallest absolute Gasteiger partial charge is 0.317 e. The monoisotopic (exact) mass is 364 g/mol. The summed E-state index contributed by atoms with van der Waals surface area (Å²) in [6.45, 7) is 6.52. The molecule has 6 heteroatoms. The van der Waals surface area contributed by atoms with Gasteiger partial charge in [0, 0.05) is 12.6 Å². The molecule has 0 aliphatic carbocycles. The van der Waals surface area contributed by atoms with E-state index >= 15 is 0 Å². The number of rotatable bonds is 10. The number of carbonyl (C=O) groups is 1.